The maximum Gasteiger partial charge on any atom is 0.246 e. The lowest BCUT2D eigenvalue weighted by Gasteiger charge is -2.40. The quantitative estimate of drug-likeness (QED) is 0.357. The molecule has 0 radical (unpaired) electrons. The molecule has 2 atom stereocenters. The summed E-state index contributed by atoms with van der Waals surface area (Å²) in [6.45, 7) is 8.08. The zero-order chi connectivity index (χ0) is 27.1. The first-order valence-corrected chi connectivity index (χ1v) is 13.7. The minimum absolute atomic E-state index is 0.000935. The summed E-state index contributed by atoms with van der Waals surface area (Å²) < 4.78 is 5.50. The molecule has 3 fully saturated rings. The highest BCUT2D eigenvalue weighted by Gasteiger charge is 2.42. The smallest absolute Gasteiger partial charge is 0.246 e. The van der Waals surface area contributed by atoms with Crippen LogP contribution in [0.25, 0.3) is 22.3 Å². The summed E-state index contributed by atoms with van der Waals surface area (Å²) >= 11 is 0. The normalized spacial score (nSPS) is 20.6. The minimum Gasteiger partial charge on any atom is -0.378 e. The van der Waals surface area contributed by atoms with Gasteiger partial charge in [0.05, 0.1) is 36.7 Å². The topological polar surface area (TPSA) is 115 Å². The lowest BCUT2D eigenvalue weighted by Crippen LogP contribution is -2.55. The Kier molecular flexibility index (Phi) is 6.27. The first-order valence-electron chi connectivity index (χ1n) is 13.7. The van der Waals surface area contributed by atoms with Crippen molar-refractivity contribution in [2.24, 2.45) is 0 Å². The second kappa shape index (κ2) is 10.2. The van der Waals surface area contributed by atoms with Crippen molar-refractivity contribution in [3.63, 3.8) is 0 Å². The van der Waals surface area contributed by atoms with Gasteiger partial charge in [0, 0.05) is 49.6 Å². The number of hydrogen-bond donors (Lipinski definition) is 2. The van der Waals surface area contributed by atoms with Crippen LogP contribution >= 0.6 is 0 Å². The van der Waals surface area contributed by atoms with E-state index < -0.39 is 0 Å². The maximum absolute atomic E-state index is 12.1. The van der Waals surface area contributed by atoms with E-state index in [-0.39, 0.29) is 18.0 Å². The third-order valence-electron chi connectivity index (χ3n) is 8.04. The second-order valence-corrected chi connectivity index (χ2v) is 10.5. The molecule has 3 aliphatic rings. The number of nitrogens with one attached hydrogen (secondary N) is 2. The number of aromatic nitrogens is 5. The van der Waals surface area contributed by atoms with Gasteiger partial charge in [-0.05, 0) is 42.7 Å². The van der Waals surface area contributed by atoms with E-state index in [4.69, 9.17) is 4.74 Å². The van der Waals surface area contributed by atoms with Crippen LogP contribution in [-0.4, -0.2) is 87.2 Å². The molecule has 1 aromatic carbocycles. The number of H-pyrrole nitrogens is 1. The molecule has 4 aromatic rings. The lowest BCUT2D eigenvalue weighted by molar-refractivity contribution is -0.126. The Labute approximate surface area is 231 Å². The average molecular weight is 538 g/mol. The van der Waals surface area contributed by atoms with E-state index in [0.717, 1.165) is 71.4 Å². The van der Waals surface area contributed by atoms with Crippen molar-refractivity contribution < 1.29 is 9.53 Å². The number of benzene rings is 1. The summed E-state index contributed by atoms with van der Waals surface area (Å²) in [5, 5.41) is 4.42. The lowest BCUT2D eigenvalue weighted by atomic mass is 10.1. The molecule has 2 bridgehead atoms. The van der Waals surface area contributed by atoms with E-state index in [9.17, 15) is 4.79 Å². The SMILES string of the molecule is C=CC(=O)N1CC2CCC(C1)N2c1ncc(Nc2ccc(-c3cc4c(N5CCOCC5)ncnc4[nH]3)cc2)cn1. The molecule has 3 aromatic heterocycles. The van der Waals surface area contributed by atoms with Crippen molar-refractivity contribution in [1.29, 1.82) is 0 Å². The van der Waals surface area contributed by atoms with Gasteiger partial charge < -0.3 is 29.7 Å². The number of morpholine rings is 1. The highest BCUT2D eigenvalue weighted by Crippen LogP contribution is 2.34. The largest absolute Gasteiger partial charge is 0.378 e. The van der Waals surface area contributed by atoms with Crippen molar-refractivity contribution in [1.82, 2.24) is 29.8 Å². The van der Waals surface area contributed by atoms with Crippen LogP contribution in [0.4, 0.5) is 23.1 Å². The van der Waals surface area contributed by atoms with Gasteiger partial charge in [-0.3, -0.25) is 4.79 Å². The summed E-state index contributed by atoms with van der Waals surface area (Å²) in [6.07, 6.45) is 8.73. The van der Waals surface area contributed by atoms with E-state index in [1.165, 1.54) is 6.08 Å². The van der Waals surface area contributed by atoms with Gasteiger partial charge in [0.1, 0.15) is 17.8 Å². The molecule has 11 nitrogen and oxygen atoms in total. The molecule has 1 amide bonds. The standard InChI is InChI=1S/C29H31N9O2/c1-2-26(39)37-16-22-7-8-23(17-37)38(22)29-30-14-21(15-31-29)34-20-5-3-19(4-6-20)25-13-24-27(35-25)32-18-33-28(24)36-9-11-40-12-10-36/h2-6,13-15,18,22-23,34H,1,7-12,16-17H2,(H,32,33,35). The molecule has 11 heteroatoms. The number of piperazine rings is 1. The molecular weight excluding hydrogens is 506 g/mol. The second-order valence-electron chi connectivity index (χ2n) is 10.5. The zero-order valence-corrected chi connectivity index (χ0v) is 22.2. The molecule has 0 spiro atoms. The molecule has 0 aliphatic carbocycles. The van der Waals surface area contributed by atoms with Crippen LogP contribution in [0, 0.1) is 0 Å². The fourth-order valence-electron chi connectivity index (χ4n) is 6.07. The van der Waals surface area contributed by atoms with Gasteiger partial charge in [0.2, 0.25) is 11.9 Å². The van der Waals surface area contributed by atoms with Crippen LogP contribution in [0.5, 0.6) is 0 Å². The molecule has 2 unspecified atom stereocenters. The van der Waals surface area contributed by atoms with Crippen molar-refractivity contribution >= 4 is 40.1 Å². The molecule has 204 valence electrons. The highest BCUT2D eigenvalue weighted by atomic mass is 16.5. The van der Waals surface area contributed by atoms with Crippen LogP contribution < -0.4 is 15.1 Å². The zero-order valence-electron chi connectivity index (χ0n) is 22.2. The number of ether oxygens (including phenoxy) is 1. The molecule has 7 rings (SSSR count). The first-order chi connectivity index (χ1) is 19.7. The maximum atomic E-state index is 12.1. The van der Waals surface area contributed by atoms with Gasteiger partial charge in [0.25, 0.3) is 0 Å². The summed E-state index contributed by atoms with van der Waals surface area (Å²) in [4.78, 5) is 40.3. The van der Waals surface area contributed by atoms with E-state index >= 15 is 0 Å². The van der Waals surface area contributed by atoms with Gasteiger partial charge in [-0.2, -0.15) is 0 Å². The average Bonchev–Trinajstić information content (AvgIpc) is 3.56. The van der Waals surface area contributed by atoms with Crippen molar-refractivity contribution in [3.8, 4) is 11.3 Å². The number of anilines is 4. The van der Waals surface area contributed by atoms with Crippen molar-refractivity contribution in [2.75, 3.05) is 54.5 Å². The number of nitrogens with zero attached hydrogens (tertiary/aromatic N) is 7. The van der Waals surface area contributed by atoms with Gasteiger partial charge >= 0.3 is 0 Å². The number of likely N-dealkylation sites (tertiary alicyclic amines) is 1. The van der Waals surface area contributed by atoms with Crippen molar-refractivity contribution in [3.05, 3.63) is 61.7 Å². The summed E-state index contributed by atoms with van der Waals surface area (Å²) in [7, 11) is 0. The third kappa shape index (κ3) is 4.51. The number of rotatable bonds is 6. The monoisotopic (exact) mass is 537 g/mol. The van der Waals surface area contributed by atoms with Gasteiger partial charge in [-0.25, -0.2) is 19.9 Å². The van der Waals surface area contributed by atoms with E-state index in [1.807, 2.05) is 29.4 Å². The number of carbonyl (C=O) groups excluding carboxylic acids is 1. The van der Waals surface area contributed by atoms with E-state index in [2.05, 4.69) is 64.8 Å². The van der Waals surface area contributed by atoms with Crippen LogP contribution in [0.2, 0.25) is 0 Å². The van der Waals surface area contributed by atoms with E-state index in [0.29, 0.717) is 26.3 Å². The summed E-state index contributed by atoms with van der Waals surface area (Å²) in [5.41, 5.74) is 4.65. The van der Waals surface area contributed by atoms with Gasteiger partial charge in [0.15, 0.2) is 0 Å². The predicted molar refractivity (Wildman–Crippen MR) is 154 cm³/mol. The van der Waals surface area contributed by atoms with Crippen LogP contribution in [0.1, 0.15) is 12.8 Å². The minimum atomic E-state index is -0.000935. The van der Waals surface area contributed by atoms with Crippen LogP contribution in [0.15, 0.2) is 61.7 Å². The summed E-state index contributed by atoms with van der Waals surface area (Å²) in [5.74, 6) is 1.66. The first kappa shape index (κ1) is 24.5. The number of fused-ring (bicyclic) bond motifs is 3. The van der Waals surface area contributed by atoms with E-state index in [1.54, 1.807) is 6.33 Å². The Morgan fingerprint density at radius 2 is 1.73 bits per heavy atom. The Bertz CT molecular complexity index is 1520. The Hall–Kier alpha value is -4.51. The molecular formula is C29H31N9O2. The fraction of sp³-hybridized carbons (Fsp3) is 0.345. The number of amides is 1. The molecule has 0 saturated carbocycles. The Morgan fingerprint density at radius 1 is 1.00 bits per heavy atom. The summed E-state index contributed by atoms with van der Waals surface area (Å²) in [6, 6.07) is 10.8. The molecule has 40 heavy (non-hydrogen) atoms. The third-order valence-corrected chi connectivity index (χ3v) is 8.04. The Balaban J connectivity index is 1.04. The van der Waals surface area contributed by atoms with Crippen LogP contribution in [0.3, 0.4) is 0 Å². The number of aromatic amines is 1. The molecule has 2 N–H and O–H groups in total. The van der Waals surface area contributed by atoms with Gasteiger partial charge in [-0.15, -0.1) is 0 Å². The number of hydrogen-bond acceptors (Lipinski definition) is 9. The number of carbonyl (C=O) groups is 1. The van der Waals surface area contributed by atoms with Gasteiger partial charge in [-0.1, -0.05) is 18.7 Å². The van der Waals surface area contributed by atoms with Crippen molar-refractivity contribution in [2.45, 2.75) is 24.9 Å². The Morgan fingerprint density at radius 3 is 2.42 bits per heavy atom. The molecule has 6 heterocycles. The molecule has 3 saturated heterocycles. The molecule has 3 aliphatic heterocycles. The fourth-order valence-corrected chi connectivity index (χ4v) is 6.07. The highest BCUT2D eigenvalue weighted by molar-refractivity contribution is 5.92. The predicted octanol–water partition coefficient (Wildman–Crippen LogP) is 3.36. The van der Waals surface area contributed by atoms with Crippen LogP contribution in [-0.2, 0) is 9.53 Å².